The zero-order chi connectivity index (χ0) is 26.5. The molecule has 3 fully saturated rings. The van der Waals surface area contributed by atoms with Crippen molar-refractivity contribution in [2.75, 3.05) is 31.6 Å². The van der Waals surface area contributed by atoms with Crippen LogP contribution in [-0.2, 0) is 9.84 Å². The third kappa shape index (κ3) is 5.23. The standard InChI is InChI=1S/C26H39N5O5S/c1-17(2)30-23-6-4-5-7-24(23)31(26(30)34)25(33)27-18-12-19-8-9-20(13-18)29(19)15-22(32)14-28(3)21-10-11-37(35,36)16-21/h4-7,17-22,32H,8-16H2,1-3H3,(H,27,33)/t18?,19-,20+,21-,22?/m1/s1. The molecule has 1 aromatic heterocycles. The number of imidazole rings is 1. The number of piperidine rings is 1. The minimum atomic E-state index is -2.96. The maximum atomic E-state index is 13.3. The number of hydrogen-bond donors (Lipinski definition) is 2. The van der Waals surface area contributed by atoms with Crippen LogP contribution in [0.2, 0.25) is 0 Å². The average Bonchev–Trinajstić information content (AvgIpc) is 3.41. The number of carbonyl (C=O) groups is 1. The van der Waals surface area contributed by atoms with E-state index in [9.17, 15) is 23.1 Å². The van der Waals surface area contributed by atoms with Gasteiger partial charge in [0.25, 0.3) is 0 Å². The second kappa shape index (κ2) is 10.2. The predicted molar refractivity (Wildman–Crippen MR) is 143 cm³/mol. The van der Waals surface area contributed by atoms with E-state index in [0.717, 1.165) is 31.2 Å². The number of nitrogens with zero attached hydrogens (tertiary/aromatic N) is 4. The molecular formula is C26H39N5O5S. The third-order valence-electron chi connectivity index (χ3n) is 8.46. The summed E-state index contributed by atoms with van der Waals surface area (Å²) in [4.78, 5) is 30.8. The van der Waals surface area contributed by atoms with Crippen LogP contribution in [0.4, 0.5) is 4.79 Å². The molecule has 10 nitrogen and oxygen atoms in total. The van der Waals surface area contributed by atoms with Gasteiger partial charge >= 0.3 is 11.7 Å². The van der Waals surface area contributed by atoms with Crippen LogP contribution in [0.3, 0.4) is 0 Å². The molecule has 1 aromatic carbocycles. The van der Waals surface area contributed by atoms with Crippen molar-refractivity contribution < 1.29 is 18.3 Å². The van der Waals surface area contributed by atoms with Crippen molar-refractivity contribution in [2.45, 2.75) is 82.3 Å². The van der Waals surface area contributed by atoms with E-state index in [1.54, 1.807) is 10.6 Å². The molecule has 37 heavy (non-hydrogen) atoms. The highest BCUT2D eigenvalue weighted by Crippen LogP contribution is 2.36. The molecule has 2 aromatic rings. The van der Waals surface area contributed by atoms with E-state index in [0.29, 0.717) is 25.0 Å². The summed E-state index contributed by atoms with van der Waals surface area (Å²) in [6.07, 6.45) is 3.66. The Hall–Kier alpha value is -2.21. The van der Waals surface area contributed by atoms with Crippen molar-refractivity contribution in [1.82, 2.24) is 24.3 Å². The molecule has 2 bridgehead atoms. The number of benzene rings is 1. The number of nitrogens with one attached hydrogen (secondary N) is 1. The van der Waals surface area contributed by atoms with E-state index in [1.807, 2.05) is 44.0 Å². The van der Waals surface area contributed by atoms with Crippen LogP contribution in [0, 0.1) is 0 Å². The second-order valence-corrected chi connectivity index (χ2v) is 13.6. The highest BCUT2D eigenvalue weighted by molar-refractivity contribution is 7.91. The van der Waals surface area contributed by atoms with Crippen LogP contribution in [-0.4, -0.2) is 100 Å². The molecule has 1 amide bonds. The molecule has 0 aliphatic carbocycles. The van der Waals surface area contributed by atoms with Gasteiger partial charge in [-0.3, -0.25) is 14.4 Å². The number of rotatable bonds is 7. The maximum absolute atomic E-state index is 13.3. The van der Waals surface area contributed by atoms with Crippen LogP contribution in [0.5, 0.6) is 0 Å². The lowest BCUT2D eigenvalue weighted by Gasteiger charge is -2.40. The summed E-state index contributed by atoms with van der Waals surface area (Å²) in [5.74, 6) is 0.400. The first-order valence-corrected chi connectivity index (χ1v) is 15.2. The molecule has 3 aliphatic rings. The van der Waals surface area contributed by atoms with Crippen LogP contribution < -0.4 is 11.0 Å². The summed E-state index contributed by atoms with van der Waals surface area (Å²) in [6.45, 7) is 4.86. The lowest BCUT2D eigenvalue weighted by Crippen LogP contribution is -2.54. The molecule has 0 saturated carbocycles. The summed E-state index contributed by atoms with van der Waals surface area (Å²) < 4.78 is 26.5. The predicted octanol–water partition coefficient (Wildman–Crippen LogP) is 1.42. The molecular weight excluding hydrogens is 494 g/mol. The molecule has 5 rings (SSSR count). The van der Waals surface area contributed by atoms with Gasteiger partial charge in [0.2, 0.25) is 0 Å². The second-order valence-electron chi connectivity index (χ2n) is 11.4. The van der Waals surface area contributed by atoms with Crippen molar-refractivity contribution >= 4 is 26.9 Å². The van der Waals surface area contributed by atoms with Crippen LogP contribution in [0.15, 0.2) is 29.1 Å². The van der Waals surface area contributed by atoms with E-state index < -0.39 is 15.9 Å². The molecule has 2 N–H and O–H groups in total. The smallest absolute Gasteiger partial charge is 0.337 e. The van der Waals surface area contributed by atoms with Gasteiger partial charge in [-0.2, -0.15) is 0 Å². The van der Waals surface area contributed by atoms with Gasteiger partial charge in [0.05, 0.1) is 28.6 Å². The molecule has 3 saturated heterocycles. The Morgan fingerprint density at radius 3 is 2.38 bits per heavy atom. The van der Waals surface area contributed by atoms with E-state index in [2.05, 4.69) is 10.2 Å². The number of carbonyl (C=O) groups excluding carboxylic acids is 1. The molecule has 2 unspecified atom stereocenters. The van der Waals surface area contributed by atoms with Gasteiger partial charge in [0.15, 0.2) is 9.84 Å². The molecule has 0 radical (unpaired) electrons. The van der Waals surface area contributed by atoms with Gasteiger partial charge in [0, 0.05) is 43.3 Å². The van der Waals surface area contributed by atoms with Crippen molar-refractivity contribution in [1.29, 1.82) is 0 Å². The number of aromatic nitrogens is 2. The summed E-state index contributed by atoms with van der Waals surface area (Å²) in [5, 5.41) is 13.9. The van der Waals surface area contributed by atoms with Gasteiger partial charge in [0.1, 0.15) is 0 Å². The third-order valence-corrected chi connectivity index (χ3v) is 10.2. The zero-order valence-corrected chi connectivity index (χ0v) is 22.7. The number of amides is 1. The van der Waals surface area contributed by atoms with E-state index in [4.69, 9.17) is 0 Å². The summed E-state index contributed by atoms with van der Waals surface area (Å²) >= 11 is 0. The monoisotopic (exact) mass is 533 g/mol. The number of para-hydroxylation sites is 2. The fraction of sp³-hybridized carbons (Fsp3) is 0.692. The van der Waals surface area contributed by atoms with Gasteiger partial charge in [-0.05, 0) is 65.1 Å². The minimum absolute atomic E-state index is 0.0256. The number of aliphatic hydroxyl groups is 1. The van der Waals surface area contributed by atoms with E-state index in [-0.39, 0.29) is 53.4 Å². The highest BCUT2D eigenvalue weighted by Gasteiger charge is 2.42. The summed E-state index contributed by atoms with van der Waals surface area (Å²) in [6, 6.07) is 7.42. The lowest BCUT2D eigenvalue weighted by atomic mass is 9.97. The Kier molecular flexibility index (Phi) is 7.25. The van der Waals surface area contributed by atoms with Gasteiger partial charge < -0.3 is 10.4 Å². The fourth-order valence-corrected chi connectivity index (χ4v) is 8.51. The fourth-order valence-electron chi connectivity index (χ4n) is 6.70. The molecule has 3 aliphatic heterocycles. The molecule has 4 heterocycles. The Labute approximate surface area is 218 Å². The number of likely N-dealkylation sites (N-methyl/N-ethyl adjacent to an activating group) is 1. The number of aliphatic hydroxyl groups excluding tert-OH is 1. The van der Waals surface area contributed by atoms with Crippen molar-refractivity contribution in [2.24, 2.45) is 0 Å². The molecule has 204 valence electrons. The Balaban J connectivity index is 1.21. The van der Waals surface area contributed by atoms with Crippen molar-refractivity contribution in [3.63, 3.8) is 0 Å². The van der Waals surface area contributed by atoms with Crippen molar-refractivity contribution in [3.8, 4) is 0 Å². The van der Waals surface area contributed by atoms with E-state index >= 15 is 0 Å². The first kappa shape index (κ1) is 26.4. The maximum Gasteiger partial charge on any atom is 0.337 e. The summed E-state index contributed by atoms with van der Waals surface area (Å²) in [7, 11) is -1.06. The van der Waals surface area contributed by atoms with Gasteiger partial charge in [-0.15, -0.1) is 0 Å². The Bertz CT molecular complexity index is 1300. The Morgan fingerprint density at radius 1 is 1.14 bits per heavy atom. The first-order chi connectivity index (χ1) is 17.5. The zero-order valence-electron chi connectivity index (χ0n) is 21.9. The lowest BCUT2D eigenvalue weighted by molar-refractivity contribution is 0.0333. The summed E-state index contributed by atoms with van der Waals surface area (Å²) in [5.41, 5.74) is 1.04. The Morgan fingerprint density at radius 2 is 1.78 bits per heavy atom. The minimum Gasteiger partial charge on any atom is -0.390 e. The first-order valence-electron chi connectivity index (χ1n) is 13.4. The van der Waals surface area contributed by atoms with Crippen molar-refractivity contribution in [3.05, 3.63) is 34.7 Å². The average molecular weight is 534 g/mol. The SMILES string of the molecule is CC(C)n1c(=O)n(C(=O)NC2C[C@H]3CC[C@@H](C2)N3CC(O)CN(C)[C@@H]2CCS(=O)(=O)C2)c2ccccc21. The molecule has 0 spiro atoms. The largest absolute Gasteiger partial charge is 0.390 e. The number of sulfone groups is 1. The normalized spacial score (nSPS) is 28.4. The van der Waals surface area contributed by atoms with Gasteiger partial charge in [-0.1, -0.05) is 12.1 Å². The van der Waals surface area contributed by atoms with Crippen LogP contribution in [0.25, 0.3) is 11.0 Å². The topological polar surface area (TPSA) is 117 Å². The molecule has 5 atom stereocenters. The highest BCUT2D eigenvalue weighted by atomic mass is 32.2. The van der Waals surface area contributed by atoms with Crippen LogP contribution >= 0.6 is 0 Å². The van der Waals surface area contributed by atoms with E-state index in [1.165, 1.54) is 4.57 Å². The van der Waals surface area contributed by atoms with Gasteiger partial charge in [-0.25, -0.2) is 22.6 Å². The number of fused-ring (bicyclic) bond motifs is 3. The van der Waals surface area contributed by atoms with Crippen LogP contribution in [0.1, 0.15) is 52.0 Å². The quantitative estimate of drug-likeness (QED) is 0.553. The number of hydrogen-bond acceptors (Lipinski definition) is 7. The molecule has 11 heteroatoms.